The fourth-order valence-electron chi connectivity index (χ4n) is 1.65. The van der Waals surface area contributed by atoms with Crippen molar-refractivity contribution in [2.24, 2.45) is 0 Å². The Labute approximate surface area is 130 Å². The highest BCUT2D eigenvalue weighted by Gasteiger charge is 2.16. The van der Waals surface area contributed by atoms with Crippen LogP contribution in [0.1, 0.15) is 17.3 Å². The Kier molecular flexibility index (Phi) is 5.08. The fourth-order valence-corrected chi connectivity index (χ4v) is 3.33. The first kappa shape index (κ1) is 14.6. The van der Waals surface area contributed by atoms with Crippen LogP contribution in [0.25, 0.3) is 0 Å². The Balaban J connectivity index is 2.09. The zero-order valence-corrected chi connectivity index (χ0v) is 13.4. The number of carbonyl (C=O) groups is 1. The van der Waals surface area contributed by atoms with Gasteiger partial charge in [-0.1, -0.05) is 33.6 Å². The average molecular weight is 356 g/mol. The Morgan fingerprint density at radius 1 is 1.21 bits per heavy atom. The second kappa shape index (κ2) is 6.60. The highest BCUT2D eigenvalue weighted by Crippen LogP contribution is 2.28. The van der Waals surface area contributed by atoms with Crippen LogP contribution in [0.15, 0.2) is 57.9 Å². The van der Waals surface area contributed by atoms with Crippen LogP contribution in [0.3, 0.4) is 0 Å². The van der Waals surface area contributed by atoms with Crippen molar-refractivity contribution in [3.63, 3.8) is 0 Å². The summed E-state index contributed by atoms with van der Waals surface area (Å²) >= 11 is 10.8. The normalized spacial score (nSPS) is 12.2. The molecular formula is C15H12BrClOS. The van der Waals surface area contributed by atoms with Gasteiger partial charge in [0.2, 0.25) is 0 Å². The van der Waals surface area contributed by atoms with Crippen LogP contribution < -0.4 is 0 Å². The van der Waals surface area contributed by atoms with Crippen LogP contribution in [0.2, 0.25) is 5.02 Å². The predicted octanol–water partition coefficient (Wildman–Crippen LogP) is 5.47. The van der Waals surface area contributed by atoms with E-state index in [0.29, 0.717) is 10.6 Å². The van der Waals surface area contributed by atoms with Crippen LogP contribution >= 0.6 is 39.3 Å². The first-order valence-corrected chi connectivity index (χ1v) is 7.83. The van der Waals surface area contributed by atoms with Crippen molar-refractivity contribution in [1.82, 2.24) is 0 Å². The maximum absolute atomic E-state index is 12.3. The summed E-state index contributed by atoms with van der Waals surface area (Å²) in [5, 5.41) is 0.513. The molecule has 1 nitrogen and oxygen atoms in total. The van der Waals surface area contributed by atoms with Crippen molar-refractivity contribution >= 4 is 45.1 Å². The van der Waals surface area contributed by atoms with Crippen molar-refractivity contribution in [1.29, 1.82) is 0 Å². The summed E-state index contributed by atoms with van der Waals surface area (Å²) in [6, 6.07) is 15.0. The first-order chi connectivity index (χ1) is 9.06. The van der Waals surface area contributed by atoms with Crippen LogP contribution in [0.5, 0.6) is 0 Å². The van der Waals surface area contributed by atoms with E-state index in [1.54, 1.807) is 36.0 Å². The number of hydrogen-bond acceptors (Lipinski definition) is 2. The minimum Gasteiger partial charge on any atom is -0.293 e. The lowest BCUT2D eigenvalue weighted by Gasteiger charge is -2.10. The quantitative estimate of drug-likeness (QED) is 0.534. The van der Waals surface area contributed by atoms with Gasteiger partial charge in [-0.3, -0.25) is 4.79 Å². The van der Waals surface area contributed by atoms with Gasteiger partial charge < -0.3 is 0 Å². The number of rotatable bonds is 4. The third-order valence-corrected chi connectivity index (χ3v) is 4.45. The van der Waals surface area contributed by atoms with E-state index in [2.05, 4.69) is 15.9 Å². The zero-order chi connectivity index (χ0) is 13.8. The van der Waals surface area contributed by atoms with E-state index in [-0.39, 0.29) is 11.0 Å². The monoisotopic (exact) mass is 354 g/mol. The second-order valence-electron chi connectivity index (χ2n) is 4.09. The molecule has 0 saturated carbocycles. The molecule has 0 aliphatic carbocycles. The minimum atomic E-state index is -0.129. The molecule has 2 aromatic carbocycles. The van der Waals surface area contributed by atoms with Crippen molar-refractivity contribution in [2.45, 2.75) is 17.1 Å². The lowest BCUT2D eigenvalue weighted by atomic mass is 10.1. The maximum Gasteiger partial charge on any atom is 0.175 e. The molecule has 0 aliphatic rings. The van der Waals surface area contributed by atoms with Gasteiger partial charge in [0.1, 0.15) is 0 Å². The standard InChI is InChI=1S/C15H12BrClOS/c1-10(19-14-4-2-3-12(16)9-14)15(18)11-5-7-13(17)8-6-11/h2-10H,1H3. The van der Waals surface area contributed by atoms with Crippen LogP contribution in [-0.2, 0) is 0 Å². The molecule has 0 bridgehead atoms. The molecule has 1 atom stereocenters. The molecule has 0 heterocycles. The highest BCUT2D eigenvalue weighted by atomic mass is 79.9. The van der Waals surface area contributed by atoms with Crippen molar-refractivity contribution in [2.75, 3.05) is 0 Å². The van der Waals surface area contributed by atoms with Gasteiger partial charge in [-0.15, -0.1) is 11.8 Å². The molecule has 1 unspecified atom stereocenters. The molecule has 0 aromatic heterocycles. The highest BCUT2D eigenvalue weighted by molar-refractivity contribution is 9.10. The van der Waals surface area contributed by atoms with Crippen molar-refractivity contribution < 1.29 is 4.79 Å². The van der Waals surface area contributed by atoms with Crippen LogP contribution in [-0.4, -0.2) is 11.0 Å². The Morgan fingerprint density at radius 2 is 1.89 bits per heavy atom. The maximum atomic E-state index is 12.3. The molecule has 98 valence electrons. The van der Waals surface area contributed by atoms with E-state index in [0.717, 1.165) is 9.37 Å². The van der Waals surface area contributed by atoms with Gasteiger partial charge in [-0.25, -0.2) is 0 Å². The summed E-state index contributed by atoms with van der Waals surface area (Å²) in [6.45, 7) is 1.92. The van der Waals surface area contributed by atoms with E-state index in [1.165, 1.54) is 0 Å². The summed E-state index contributed by atoms with van der Waals surface area (Å²) in [7, 11) is 0. The summed E-state index contributed by atoms with van der Waals surface area (Å²) < 4.78 is 1.02. The smallest absolute Gasteiger partial charge is 0.175 e. The lowest BCUT2D eigenvalue weighted by molar-refractivity contribution is 0.0994. The molecule has 0 saturated heterocycles. The summed E-state index contributed by atoms with van der Waals surface area (Å²) in [5.74, 6) is 0.113. The van der Waals surface area contributed by atoms with E-state index in [4.69, 9.17) is 11.6 Å². The number of Topliss-reactive ketones (excluding diaryl/α,β-unsaturated/α-hetero) is 1. The molecule has 4 heteroatoms. The number of ketones is 1. The summed E-state index contributed by atoms with van der Waals surface area (Å²) in [4.78, 5) is 13.3. The van der Waals surface area contributed by atoms with Gasteiger partial charge in [0.25, 0.3) is 0 Å². The van der Waals surface area contributed by atoms with Crippen LogP contribution in [0, 0.1) is 0 Å². The molecule has 2 aromatic rings. The molecule has 19 heavy (non-hydrogen) atoms. The fraction of sp³-hybridized carbons (Fsp3) is 0.133. The number of benzene rings is 2. The second-order valence-corrected chi connectivity index (χ2v) is 6.85. The first-order valence-electron chi connectivity index (χ1n) is 5.78. The topological polar surface area (TPSA) is 17.1 Å². The van der Waals surface area contributed by atoms with Gasteiger partial charge in [0.05, 0.1) is 5.25 Å². The molecule has 0 spiro atoms. The van der Waals surface area contributed by atoms with E-state index >= 15 is 0 Å². The minimum absolute atomic E-state index is 0.113. The summed E-state index contributed by atoms with van der Waals surface area (Å²) in [5.41, 5.74) is 0.694. The van der Waals surface area contributed by atoms with E-state index in [1.807, 2.05) is 31.2 Å². The van der Waals surface area contributed by atoms with Gasteiger partial charge >= 0.3 is 0 Å². The van der Waals surface area contributed by atoms with Gasteiger partial charge in [0.15, 0.2) is 5.78 Å². The number of thioether (sulfide) groups is 1. The number of carbonyl (C=O) groups excluding carboxylic acids is 1. The number of halogens is 2. The Hall–Kier alpha value is -0.770. The van der Waals surface area contributed by atoms with E-state index in [9.17, 15) is 4.79 Å². The van der Waals surface area contributed by atoms with Gasteiger partial charge in [0, 0.05) is 20.0 Å². The van der Waals surface area contributed by atoms with Gasteiger partial charge in [-0.2, -0.15) is 0 Å². The van der Waals surface area contributed by atoms with Gasteiger partial charge in [-0.05, 0) is 49.4 Å². The Morgan fingerprint density at radius 3 is 2.53 bits per heavy atom. The molecular weight excluding hydrogens is 344 g/mol. The summed E-state index contributed by atoms with van der Waals surface area (Å²) in [6.07, 6.45) is 0. The third kappa shape index (κ3) is 4.10. The molecule has 0 aliphatic heterocycles. The lowest BCUT2D eigenvalue weighted by Crippen LogP contribution is -2.13. The van der Waals surface area contributed by atoms with Crippen molar-refractivity contribution in [3.8, 4) is 0 Å². The molecule has 0 radical (unpaired) electrons. The average Bonchev–Trinajstić information content (AvgIpc) is 2.39. The molecule has 2 rings (SSSR count). The largest absolute Gasteiger partial charge is 0.293 e. The SMILES string of the molecule is CC(Sc1cccc(Br)c1)C(=O)c1ccc(Cl)cc1. The molecule has 0 amide bonds. The predicted molar refractivity (Wildman–Crippen MR) is 85.2 cm³/mol. The zero-order valence-electron chi connectivity index (χ0n) is 10.3. The third-order valence-electron chi connectivity index (χ3n) is 2.61. The molecule has 0 N–H and O–H groups in total. The van der Waals surface area contributed by atoms with E-state index < -0.39 is 0 Å². The molecule has 0 fully saturated rings. The van der Waals surface area contributed by atoms with Crippen molar-refractivity contribution in [3.05, 3.63) is 63.6 Å². The van der Waals surface area contributed by atoms with Crippen LogP contribution in [0.4, 0.5) is 0 Å². The number of hydrogen-bond donors (Lipinski definition) is 0. The Bertz CT molecular complexity index is 583.